The molecular formula is C35H56O4. The Morgan fingerprint density at radius 2 is 1.87 bits per heavy atom. The minimum absolute atomic E-state index is 0.0487. The second-order valence-corrected chi connectivity index (χ2v) is 14.0. The number of aliphatic hydroxyl groups excluding tert-OH is 3. The van der Waals surface area contributed by atoms with Crippen LogP contribution in [0, 0.1) is 28.6 Å². The molecule has 0 heterocycles. The van der Waals surface area contributed by atoms with Crippen LogP contribution in [0.4, 0.5) is 0 Å². The van der Waals surface area contributed by atoms with E-state index < -0.39 is 12.2 Å². The summed E-state index contributed by atoms with van der Waals surface area (Å²) in [4.78, 5) is 12.8. The molecule has 7 atom stereocenters. The van der Waals surface area contributed by atoms with E-state index in [-0.39, 0.29) is 22.9 Å². The highest BCUT2D eigenvalue weighted by Crippen LogP contribution is 2.60. The Hall–Kier alpha value is -1.23. The number of fused-ring (bicyclic) bond motifs is 1. The number of rotatable bonds is 13. The van der Waals surface area contributed by atoms with Crippen molar-refractivity contribution < 1.29 is 20.1 Å². The normalized spacial score (nSPS) is 35.7. The van der Waals surface area contributed by atoms with Gasteiger partial charge in [0.25, 0.3) is 0 Å². The number of ketones is 1. The molecule has 0 saturated heterocycles. The van der Waals surface area contributed by atoms with Gasteiger partial charge in [-0.3, -0.25) is 4.79 Å². The highest BCUT2D eigenvalue weighted by molar-refractivity contribution is 5.87. The molecule has 0 aromatic heterocycles. The van der Waals surface area contributed by atoms with Crippen molar-refractivity contribution in [2.24, 2.45) is 28.6 Å². The van der Waals surface area contributed by atoms with Gasteiger partial charge >= 0.3 is 0 Å². The van der Waals surface area contributed by atoms with Crippen LogP contribution in [0.15, 0.2) is 35.5 Å². The van der Waals surface area contributed by atoms with Gasteiger partial charge < -0.3 is 15.3 Å². The molecule has 4 aliphatic carbocycles. The van der Waals surface area contributed by atoms with Crippen molar-refractivity contribution in [2.75, 3.05) is 0 Å². The number of aliphatic hydroxyl groups is 3. The molecule has 0 spiro atoms. The average molecular weight is 541 g/mol. The van der Waals surface area contributed by atoms with Crippen molar-refractivity contribution in [3.63, 3.8) is 0 Å². The first-order chi connectivity index (χ1) is 18.6. The predicted octanol–water partition coefficient (Wildman–Crippen LogP) is 7.61. The van der Waals surface area contributed by atoms with Crippen LogP contribution < -0.4 is 0 Å². The van der Waals surface area contributed by atoms with Crippen molar-refractivity contribution in [1.29, 1.82) is 0 Å². The summed E-state index contributed by atoms with van der Waals surface area (Å²) in [6.45, 7) is 11.0. The minimum atomic E-state index is -0.646. The maximum Gasteiger partial charge on any atom is 0.139 e. The third-order valence-corrected chi connectivity index (χ3v) is 11.4. The average Bonchev–Trinajstić information content (AvgIpc) is 3.61. The number of allylic oxidation sites excluding steroid dienone is 3. The molecule has 0 aromatic rings. The van der Waals surface area contributed by atoms with E-state index in [4.69, 9.17) is 0 Å². The van der Waals surface area contributed by atoms with E-state index in [0.29, 0.717) is 30.5 Å². The fraction of sp³-hybridized carbons (Fsp3) is 0.800. The summed E-state index contributed by atoms with van der Waals surface area (Å²) in [7, 11) is 0. The van der Waals surface area contributed by atoms with Gasteiger partial charge in [0.2, 0.25) is 0 Å². The van der Waals surface area contributed by atoms with Crippen molar-refractivity contribution in [2.45, 2.75) is 148 Å². The Morgan fingerprint density at radius 1 is 1.10 bits per heavy atom. The van der Waals surface area contributed by atoms with E-state index in [2.05, 4.69) is 39.5 Å². The Kier molecular flexibility index (Phi) is 10.4. The fourth-order valence-corrected chi connectivity index (χ4v) is 8.59. The van der Waals surface area contributed by atoms with Gasteiger partial charge in [-0.05, 0) is 111 Å². The summed E-state index contributed by atoms with van der Waals surface area (Å²) in [5.41, 5.74) is 3.39. The summed E-state index contributed by atoms with van der Waals surface area (Å²) in [5, 5.41) is 31.6. The molecule has 220 valence electrons. The molecule has 0 radical (unpaired) electrons. The Labute approximate surface area is 238 Å². The number of carbonyl (C=O) groups is 1. The van der Waals surface area contributed by atoms with Gasteiger partial charge in [-0.2, -0.15) is 0 Å². The van der Waals surface area contributed by atoms with Gasteiger partial charge in [-0.25, -0.2) is 0 Å². The zero-order valence-electron chi connectivity index (χ0n) is 25.1. The lowest BCUT2D eigenvalue weighted by Crippen LogP contribution is -2.39. The monoisotopic (exact) mass is 540 g/mol. The predicted molar refractivity (Wildman–Crippen MR) is 159 cm³/mol. The highest BCUT2D eigenvalue weighted by Gasteiger charge is 2.52. The largest absolute Gasteiger partial charge is 0.393 e. The van der Waals surface area contributed by atoms with Gasteiger partial charge in [-0.15, -0.1) is 0 Å². The standard InChI is InChI=1S/C35H56O4/c1-5-6-7-8-13-33(39)35(20-21-35)19-10-12-31(37)25(3)29-16-17-30-26(11-9-18-34(29,30)4)14-15-27-22-28(36)23-32(38)24(27)2/h14-15,25,28-32,36-38H,2,5-13,16-23H2,1,3-4H3/b26-14+,27-15-/t25-,28+,29+,30-,31+,32-,34+/m0/s1. The van der Waals surface area contributed by atoms with Crippen LogP contribution in [0.1, 0.15) is 130 Å². The third-order valence-electron chi connectivity index (χ3n) is 11.4. The van der Waals surface area contributed by atoms with Crippen molar-refractivity contribution in [3.8, 4) is 0 Å². The maximum absolute atomic E-state index is 12.8. The molecule has 0 aliphatic heterocycles. The first-order valence-electron chi connectivity index (χ1n) is 16.3. The molecule has 4 nitrogen and oxygen atoms in total. The van der Waals surface area contributed by atoms with Crippen molar-refractivity contribution in [1.82, 2.24) is 0 Å². The van der Waals surface area contributed by atoms with Crippen LogP contribution in [0.3, 0.4) is 0 Å². The second-order valence-electron chi connectivity index (χ2n) is 14.0. The van der Waals surface area contributed by atoms with Gasteiger partial charge in [0.15, 0.2) is 0 Å². The Morgan fingerprint density at radius 3 is 2.59 bits per heavy atom. The van der Waals surface area contributed by atoms with E-state index >= 15 is 0 Å². The molecule has 4 aliphatic rings. The van der Waals surface area contributed by atoms with E-state index in [1.165, 1.54) is 44.1 Å². The van der Waals surface area contributed by atoms with Gasteiger partial charge in [0.05, 0.1) is 18.3 Å². The first kappa shape index (κ1) is 30.7. The topological polar surface area (TPSA) is 77.8 Å². The summed E-state index contributed by atoms with van der Waals surface area (Å²) >= 11 is 0. The van der Waals surface area contributed by atoms with E-state index in [1.807, 2.05) is 0 Å². The number of Topliss-reactive ketones (excluding diaryl/α,β-unsaturated/α-hetero) is 1. The zero-order valence-corrected chi connectivity index (χ0v) is 25.1. The van der Waals surface area contributed by atoms with Gasteiger partial charge in [0, 0.05) is 18.3 Å². The summed E-state index contributed by atoms with van der Waals surface area (Å²) in [6, 6.07) is 0. The smallest absolute Gasteiger partial charge is 0.139 e. The highest BCUT2D eigenvalue weighted by atomic mass is 16.3. The molecule has 3 N–H and O–H groups in total. The molecule has 0 amide bonds. The van der Waals surface area contributed by atoms with Gasteiger partial charge in [0.1, 0.15) is 5.78 Å². The summed E-state index contributed by atoms with van der Waals surface area (Å²) in [5.74, 6) is 1.80. The van der Waals surface area contributed by atoms with E-state index in [9.17, 15) is 20.1 Å². The number of carbonyl (C=O) groups excluding carboxylic acids is 1. The molecule has 4 rings (SSSR count). The Balaban J connectivity index is 1.32. The van der Waals surface area contributed by atoms with E-state index in [0.717, 1.165) is 68.9 Å². The molecule has 39 heavy (non-hydrogen) atoms. The lowest BCUT2D eigenvalue weighted by atomic mass is 9.60. The molecule has 4 saturated carbocycles. The van der Waals surface area contributed by atoms with Crippen LogP contribution in [0.25, 0.3) is 0 Å². The summed E-state index contributed by atoms with van der Waals surface area (Å²) < 4.78 is 0. The number of hydrogen-bond acceptors (Lipinski definition) is 4. The summed E-state index contributed by atoms with van der Waals surface area (Å²) in [6.07, 6.45) is 20.0. The quantitative estimate of drug-likeness (QED) is 0.210. The van der Waals surface area contributed by atoms with Crippen molar-refractivity contribution >= 4 is 5.78 Å². The zero-order chi connectivity index (χ0) is 28.2. The number of hydrogen-bond donors (Lipinski definition) is 3. The fourth-order valence-electron chi connectivity index (χ4n) is 8.59. The first-order valence-corrected chi connectivity index (χ1v) is 16.3. The molecule has 0 unspecified atom stereocenters. The van der Waals surface area contributed by atoms with Crippen LogP contribution in [0.5, 0.6) is 0 Å². The lowest BCUT2D eigenvalue weighted by molar-refractivity contribution is -0.124. The van der Waals surface area contributed by atoms with Crippen LogP contribution in [-0.2, 0) is 4.79 Å². The van der Waals surface area contributed by atoms with Crippen molar-refractivity contribution in [3.05, 3.63) is 35.5 Å². The van der Waals surface area contributed by atoms with Crippen LogP contribution >= 0.6 is 0 Å². The molecular weight excluding hydrogens is 484 g/mol. The minimum Gasteiger partial charge on any atom is -0.393 e. The molecule has 4 heteroatoms. The van der Waals surface area contributed by atoms with Gasteiger partial charge in [-0.1, -0.05) is 64.3 Å². The molecule has 0 aromatic carbocycles. The van der Waals surface area contributed by atoms with Crippen LogP contribution in [0.2, 0.25) is 0 Å². The second kappa shape index (κ2) is 13.2. The maximum atomic E-state index is 12.8. The lowest BCUT2D eigenvalue weighted by Gasteiger charge is -2.45. The molecule has 0 bridgehead atoms. The number of unbranched alkanes of at least 4 members (excludes halogenated alkanes) is 3. The van der Waals surface area contributed by atoms with Crippen LogP contribution in [-0.4, -0.2) is 39.4 Å². The molecule has 4 fully saturated rings. The SMILES string of the molecule is C=C1/C(=C\C=C2/CCC[C@]3(C)[C@@H]([C@H](C)[C@H](O)CCCC4(C(=O)CCCCCC)CC4)CC[C@@H]23)C[C@@H](O)C[C@@H]1O. The third kappa shape index (κ3) is 6.99. The van der Waals surface area contributed by atoms with E-state index in [1.54, 1.807) is 0 Å². The Bertz CT molecular complexity index is 927.